The Morgan fingerprint density at radius 1 is 0.630 bits per heavy atom. The lowest BCUT2D eigenvalue weighted by molar-refractivity contribution is -0.135. The van der Waals surface area contributed by atoms with Crippen LogP contribution in [0, 0.1) is 0 Å². The summed E-state index contributed by atoms with van der Waals surface area (Å²) in [7, 11) is 0. The first-order valence-electron chi connectivity index (χ1n) is 10.7. The number of rotatable bonds is 19. The van der Waals surface area contributed by atoms with Gasteiger partial charge in [-0.1, -0.05) is 103 Å². The van der Waals surface area contributed by atoms with Crippen LogP contribution in [0.1, 0.15) is 116 Å². The van der Waals surface area contributed by atoms with Gasteiger partial charge in [0.25, 0.3) is 0 Å². The highest BCUT2D eigenvalue weighted by atomic mass is 35.5. The molecule has 0 aromatic heterocycles. The highest BCUT2D eigenvalue weighted by molar-refractivity contribution is 5.94. The predicted octanol–water partition coefficient (Wildman–Crippen LogP) is 7.16. The summed E-state index contributed by atoms with van der Waals surface area (Å²) in [5.41, 5.74) is 0.00265. The molecular formula is C22H41ClO4. The molecule has 0 heterocycles. The number of halogens is 1. The molecule has 0 unspecified atom stereocenters. The summed E-state index contributed by atoms with van der Waals surface area (Å²) in [4.78, 5) is 21.4. The Balaban J connectivity index is 0. The fraction of sp³-hybridized carbons (Fsp3) is 0.818. The molecule has 27 heavy (non-hydrogen) atoms. The average molecular weight is 405 g/mol. The average Bonchev–Trinajstić information content (AvgIpc) is 2.59. The van der Waals surface area contributed by atoms with Crippen LogP contribution in [0.15, 0.2) is 11.6 Å². The van der Waals surface area contributed by atoms with E-state index in [2.05, 4.69) is 6.92 Å². The molecule has 0 saturated heterocycles. The highest BCUT2D eigenvalue weighted by Gasteiger charge is 2.08. The summed E-state index contributed by atoms with van der Waals surface area (Å²) >= 11 is 0. The summed E-state index contributed by atoms with van der Waals surface area (Å²) in [5.74, 6) is -2.30. The van der Waals surface area contributed by atoms with Crippen molar-refractivity contribution in [2.45, 2.75) is 116 Å². The van der Waals surface area contributed by atoms with Crippen molar-refractivity contribution in [2.75, 3.05) is 0 Å². The van der Waals surface area contributed by atoms with Gasteiger partial charge in [0.1, 0.15) is 0 Å². The van der Waals surface area contributed by atoms with E-state index >= 15 is 0 Å². The molecule has 0 radical (unpaired) electrons. The summed E-state index contributed by atoms with van der Waals surface area (Å²) < 4.78 is 0. The van der Waals surface area contributed by atoms with Crippen LogP contribution in [0.4, 0.5) is 0 Å². The minimum absolute atomic E-state index is 0. The zero-order valence-electron chi connectivity index (χ0n) is 17.2. The van der Waals surface area contributed by atoms with Crippen LogP contribution in [0.25, 0.3) is 0 Å². The van der Waals surface area contributed by atoms with Crippen molar-refractivity contribution < 1.29 is 19.8 Å². The molecule has 0 aromatic carbocycles. The van der Waals surface area contributed by atoms with Gasteiger partial charge in [-0.05, 0) is 12.8 Å². The largest absolute Gasteiger partial charge is 0.478 e. The molecule has 4 nitrogen and oxygen atoms in total. The molecule has 0 aromatic rings. The number of hydrogen-bond acceptors (Lipinski definition) is 2. The number of unbranched alkanes of at least 4 members (excludes halogenated alkanes) is 15. The number of carboxylic acid groups (broad SMARTS) is 2. The molecule has 0 aliphatic carbocycles. The molecule has 0 bridgehead atoms. The standard InChI is InChI=1S/C22H40O4.ClH/c1-2-3-4-5-6-7-8-9-10-11-12-13-14-15-16-17-18-20(22(25)26)19-21(23)24;/h19H,2-18H2,1H3,(H,23,24)(H,25,26);1H. The predicted molar refractivity (Wildman–Crippen MR) is 115 cm³/mol. The second-order valence-electron chi connectivity index (χ2n) is 7.37. The molecule has 0 aliphatic heterocycles. The molecule has 0 aliphatic rings. The van der Waals surface area contributed by atoms with Crippen LogP contribution in [0.3, 0.4) is 0 Å². The summed E-state index contributed by atoms with van der Waals surface area (Å²) in [6.07, 6.45) is 21.6. The normalized spacial score (nSPS) is 11.2. The fourth-order valence-corrected chi connectivity index (χ4v) is 3.25. The molecule has 0 saturated carbocycles. The maximum atomic E-state index is 10.9. The van der Waals surface area contributed by atoms with E-state index in [1.54, 1.807) is 0 Å². The topological polar surface area (TPSA) is 74.6 Å². The van der Waals surface area contributed by atoms with Gasteiger partial charge in [-0.3, -0.25) is 0 Å². The summed E-state index contributed by atoms with van der Waals surface area (Å²) in [5, 5.41) is 17.5. The van der Waals surface area contributed by atoms with E-state index in [1.165, 1.54) is 83.5 Å². The zero-order chi connectivity index (χ0) is 19.5. The Morgan fingerprint density at radius 2 is 0.963 bits per heavy atom. The van der Waals surface area contributed by atoms with Crippen LogP contribution in [0.2, 0.25) is 0 Å². The van der Waals surface area contributed by atoms with Gasteiger partial charge in [0.15, 0.2) is 0 Å². The third-order valence-electron chi connectivity index (χ3n) is 4.87. The van der Waals surface area contributed by atoms with E-state index in [9.17, 15) is 9.59 Å². The van der Waals surface area contributed by atoms with Gasteiger partial charge in [0.2, 0.25) is 0 Å². The molecule has 0 spiro atoms. The van der Waals surface area contributed by atoms with Crippen LogP contribution >= 0.6 is 12.4 Å². The minimum Gasteiger partial charge on any atom is -0.478 e. The molecular weight excluding hydrogens is 364 g/mol. The van der Waals surface area contributed by atoms with E-state index in [4.69, 9.17) is 10.2 Å². The maximum absolute atomic E-state index is 10.9. The van der Waals surface area contributed by atoms with Gasteiger partial charge in [0, 0.05) is 11.6 Å². The first kappa shape index (κ1) is 28.2. The Morgan fingerprint density at radius 3 is 1.26 bits per heavy atom. The third kappa shape index (κ3) is 21.1. The van der Waals surface area contributed by atoms with E-state index in [0.717, 1.165) is 25.3 Å². The van der Waals surface area contributed by atoms with Crippen molar-refractivity contribution in [3.8, 4) is 0 Å². The Bertz CT molecular complexity index is 394. The van der Waals surface area contributed by atoms with E-state index in [-0.39, 0.29) is 18.0 Å². The van der Waals surface area contributed by atoms with Gasteiger partial charge in [-0.2, -0.15) is 0 Å². The van der Waals surface area contributed by atoms with Crippen LogP contribution < -0.4 is 0 Å². The highest BCUT2D eigenvalue weighted by Crippen LogP contribution is 2.15. The van der Waals surface area contributed by atoms with Crippen LogP contribution in [-0.4, -0.2) is 22.2 Å². The van der Waals surface area contributed by atoms with E-state index in [1.807, 2.05) is 0 Å². The third-order valence-corrected chi connectivity index (χ3v) is 4.87. The van der Waals surface area contributed by atoms with Crippen molar-refractivity contribution in [3.63, 3.8) is 0 Å². The van der Waals surface area contributed by atoms with Crippen molar-refractivity contribution in [1.82, 2.24) is 0 Å². The number of aliphatic carboxylic acids is 2. The zero-order valence-corrected chi connectivity index (χ0v) is 18.0. The lowest BCUT2D eigenvalue weighted by atomic mass is 10.0. The fourth-order valence-electron chi connectivity index (χ4n) is 3.25. The minimum atomic E-state index is -1.18. The summed E-state index contributed by atoms with van der Waals surface area (Å²) in [6.45, 7) is 2.26. The molecule has 5 heteroatoms. The monoisotopic (exact) mass is 404 g/mol. The molecule has 0 fully saturated rings. The summed E-state index contributed by atoms with van der Waals surface area (Å²) in [6, 6.07) is 0. The Labute approximate surface area is 172 Å². The van der Waals surface area contributed by atoms with Crippen molar-refractivity contribution in [3.05, 3.63) is 11.6 Å². The van der Waals surface area contributed by atoms with Crippen molar-refractivity contribution >= 4 is 24.3 Å². The smallest absolute Gasteiger partial charge is 0.331 e. The van der Waals surface area contributed by atoms with Gasteiger partial charge in [-0.15, -0.1) is 12.4 Å². The van der Waals surface area contributed by atoms with Gasteiger partial charge in [-0.25, -0.2) is 9.59 Å². The molecule has 0 atom stereocenters. The van der Waals surface area contributed by atoms with E-state index in [0.29, 0.717) is 6.42 Å². The van der Waals surface area contributed by atoms with E-state index < -0.39 is 11.9 Å². The molecule has 160 valence electrons. The van der Waals surface area contributed by atoms with Gasteiger partial charge >= 0.3 is 11.9 Å². The molecule has 2 N–H and O–H groups in total. The first-order chi connectivity index (χ1) is 12.6. The number of hydrogen-bond donors (Lipinski definition) is 2. The maximum Gasteiger partial charge on any atom is 0.331 e. The number of carboxylic acids is 2. The molecule has 0 rings (SSSR count). The first-order valence-corrected chi connectivity index (χ1v) is 10.7. The van der Waals surface area contributed by atoms with Crippen molar-refractivity contribution in [1.29, 1.82) is 0 Å². The van der Waals surface area contributed by atoms with Crippen molar-refractivity contribution in [2.24, 2.45) is 0 Å². The van der Waals surface area contributed by atoms with Crippen LogP contribution in [0.5, 0.6) is 0 Å². The molecule has 0 amide bonds. The lowest BCUT2D eigenvalue weighted by Gasteiger charge is -2.04. The quantitative estimate of drug-likeness (QED) is 0.177. The lowest BCUT2D eigenvalue weighted by Crippen LogP contribution is -2.04. The Hall–Kier alpha value is -1.03. The number of carbonyl (C=O) groups is 2. The SMILES string of the molecule is CCCCCCCCCCCCCCCCCCC(=CC(=O)O)C(=O)O.Cl. The Kier molecular flexibility index (Phi) is 22.2. The van der Waals surface area contributed by atoms with Gasteiger partial charge < -0.3 is 10.2 Å². The van der Waals surface area contributed by atoms with Crippen LogP contribution in [-0.2, 0) is 9.59 Å². The second-order valence-corrected chi connectivity index (χ2v) is 7.37. The second kappa shape index (κ2) is 21.3. The van der Waals surface area contributed by atoms with Gasteiger partial charge in [0.05, 0.1) is 0 Å².